The molecule has 1 radical (unpaired) electrons. The fourth-order valence-corrected chi connectivity index (χ4v) is 4.86. The first-order valence-electron chi connectivity index (χ1n) is 9.87. The minimum atomic E-state index is -0.264. The first-order valence-corrected chi connectivity index (χ1v) is 9.87. The van der Waals surface area contributed by atoms with Crippen LogP contribution in [0.15, 0.2) is 42.9 Å². The minimum Gasteiger partial charge on any atom is -0.393 e. The van der Waals surface area contributed by atoms with Crippen LogP contribution < -0.4 is 5.32 Å². The van der Waals surface area contributed by atoms with Gasteiger partial charge in [-0.05, 0) is 55.2 Å². The number of hydrogen-bond acceptors (Lipinski definition) is 4. The number of nitrogens with zero attached hydrogens (tertiary/aromatic N) is 3. The van der Waals surface area contributed by atoms with Crippen molar-refractivity contribution in [1.29, 1.82) is 0 Å². The van der Waals surface area contributed by atoms with Crippen LogP contribution in [0.4, 0.5) is 5.82 Å². The van der Waals surface area contributed by atoms with Gasteiger partial charge in [-0.2, -0.15) is 0 Å². The molecule has 5 nitrogen and oxygen atoms in total. The van der Waals surface area contributed by atoms with Crippen LogP contribution in [-0.4, -0.2) is 25.7 Å². The molecular formula is C22H25N4O. The van der Waals surface area contributed by atoms with E-state index in [4.69, 9.17) is 0 Å². The van der Waals surface area contributed by atoms with E-state index in [1.807, 2.05) is 0 Å². The summed E-state index contributed by atoms with van der Waals surface area (Å²) < 4.78 is 2.21. The summed E-state index contributed by atoms with van der Waals surface area (Å²) in [6.45, 7) is 3.98. The van der Waals surface area contributed by atoms with Gasteiger partial charge in [0.05, 0.1) is 17.5 Å². The van der Waals surface area contributed by atoms with Crippen molar-refractivity contribution >= 4 is 16.9 Å². The molecule has 1 saturated carbocycles. The van der Waals surface area contributed by atoms with E-state index in [-0.39, 0.29) is 18.1 Å². The first-order chi connectivity index (χ1) is 13.2. The zero-order valence-electron chi connectivity index (χ0n) is 15.4. The summed E-state index contributed by atoms with van der Waals surface area (Å²) in [5, 5.41) is 15.0. The van der Waals surface area contributed by atoms with Gasteiger partial charge in [0, 0.05) is 12.2 Å². The van der Waals surface area contributed by atoms with Gasteiger partial charge in [0.1, 0.15) is 17.8 Å². The second-order valence-corrected chi connectivity index (χ2v) is 7.86. The average molecular weight is 361 g/mol. The number of fused-ring (bicyclic) bond motifs is 2. The predicted molar refractivity (Wildman–Crippen MR) is 106 cm³/mol. The van der Waals surface area contributed by atoms with E-state index in [1.165, 1.54) is 11.1 Å². The maximum atomic E-state index is 10.3. The standard InChI is InChI=1S/C22H25N4O/c1-2-14-11-16(12-20(14)27)26-10-9-18-21(23-13-24-22(18)26)25-19-8-7-15-5-3-4-6-17(15)19/h3-6,9-10,13-14,16,19-20,27H,1-2,7-8,11-12H2,(H,23,24,25)/t14-,16+,19-,20-/m0/s1. The molecule has 2 N–H and O–H groups in total. The molecule has 2 aliphatic rings. The van der Waals surface area contributed by atoms with Crippen LogP contribution in [-0.2, 0) is 6.42 Å². The van der Waals surface area contributed by atoms with Gasteiger partial charge in [0.2, 0.25) is 0 Å². The minimum absolute atomic E-state index is 0.264. The number of aliphatic hydroxyl groups is 1. The summed E-state index contributed by atoms with van der Waals surface area (Å²) in [5.41, 5.74) is 3.75. The van der Waals surface area contributed by atoms with E-state index in [0.717, 1.165) is 49.0 Å². The van der Waals surface area contributed by atoms with Crippen molar-refractivity contribution in [3.05, 3.63) is 60.9 Å². The Morgan fingerprint density at radius 2 is 2.07 bits per heavy atom. The lowest BCUT2D eigenvalue weighted by atomic mass is 10.0. The van der Waals surface area contributed by atoms with E-state index >= 15 is 0 Å². The summed E-state index contributed by atoms with van der Waals surface area (Å²) in [7, 11) is 0. The first kappa shape index (κ1) is 16.8. The fraction of sp³-hybridized carbons (Fsp3) is 0.409. The van der Waals surface area contributed by atoms with Gasteiger partial charge < -0.3 is 15.0 Å². The Labute approximate surface area is 159 Å². The quantitative estimate of drug-likeness (QED) is 0.735. The van der Waals surface area contributed by atoms with Crippen molar-refractivity contribution in [3.63, 3.8) is 0 Å². The number of anilines is 1. The van der Waals surface area contributed by atoms with Crippen molar-refractivity contribution in [3.8, 4) is 0 Å². The maximum absolute atomic E-state index is 10.3. The Morgan fingerprint density at radius 1 is 1.19 bits per heavy atom. The Morgan fingerprint density at radius 3 is 2.93 bits per heavy atom. The number of aryl methyl sites for hydroxylation is 1. The van der Waals surface area contributed by atoms with Crippen LogP contribution in [0.2, 0.25) is 0 Å². The summed E-state index contributed by atoms with van der Waals surface area (Å²) in [6, 6.07) is 11.3. The number of benzene rings is 1. The van der Waals surface area contributed by atoms with Gasteiger partial charge in [0.25, 0.3) is 0 Å². The number of aliphatic hydroxyl groups excluding tert-OH is 1. The molecule has 2 aromatic heterocycles. The molecule has 0 spiro atoms. The Hall–Kier alpha value is -2.40. The van der Waals surface area contributed by atoms with Crippen molar-refractivity contribution in [2.24, 2.45) is 5.92 Å². The fourth-order valence-electron chi connectivity index (χ4n) is 4.86. The predicted octanol–water partition coefficient (Wildman–Crippen LogP) is 4.07. The van der Waals surface area contributed by atoms with Gasteiger partial charge in [0.15, 0.2) is 0 Å². The van der Waals surface area contributed by atoms with Gasteiger partial charge >= 0.3 is 0 Å². The third-order valence-corrected chi connectivity index (χ3v) is 6.35. The molecular weight excluding hydrogens is 336 g/mol. The van der Waals surface area contributed by atoms with E-state index in [2.05, 4.69) is 63.3 Å². The largest absolute Gasteiger partial charge is 0.393 e. The zero-order chi connectivity index (χ0) is 18.4. The van der Waals surface area contributed by atoms with Crippen LogP contribution in [0.3, 0.4) is 0 Å². The summed E-state index contributed by atoms with van der Waals surface area (Å²) in [4.78, 5) is 9.09. The number of nitrogens with one attached hydrogen (secondary N) is 1. The van der Waals surface area contributed by atoms with Crippen molar-refractivity contribution < 1.29 is 5.11 Å². The number of rotatable bonds is 4. The second kappa shape index (κ2) is 6.64. The van der Waals surface area contributed by atoms with E-state index in [0.29, 0.717) is 6.04 Å². The number of aromatic nitrogens is 3. The normalized spacial score (nSPS) is 27.2. The molecule has 1 aromatic carbocycles. The third kappa shape index (κ3) is 2.81. The highest BCUT2D eigenvalue weighted by Gasteiger charge is 2.33. The Bertz CT molecular complexity index is 966. The highest BCUT2D eigenvalue weighted by Crippen LogP contribution is 2.39. The van der Waals surface area contributed by atoms with E-state index in [1.54, 1.807) is 6.33 Å². The molecule has 2 aliphatic carbocycles. The lowest BCUT2D eigenvalue weighted by Gasteiger charge is -2.16. The molecule has 0 unspecified atom stereocenters. The van der Waals surface area contributed by atoms with Gasteiger partial charge in [-0.15, -0.1) is 0 Å². The third-order valence-electron chi connectivity index (χ3n) is 6.35. The monoisotopic (exact) mass is 361 g/mol. The van der Waals surface area contributed by atoms with Gasteiger partial charge in [-0.25, -0.2) is 9.97 Å². The summed E-state index contributed by atoms with van der Waals surface area (Å²) in [5.74, 6) is 1.18. The second-order valence-electron chi connectivity index (χ2n) is 7.86. The Kier molecular flexibility index (Phi) is 4.12. The van der Waals surface area contributed by atoms with Crippen molar-refractivity contribution in [2.75, 3.05) is 5.32 Å². The van der Waals surface area contributed by atoms with Crippen molar-refractivity contribution in [1.82, 2.24) is 14.5 Å². The zero-order valence-corrected chi connectivity index (χ0v) is 15.4. The molecule has 3 aromatic rings. The van der Waals surface area contributed by atoms with Crippen molar-refractivity contribution in [2.45, 2.75) is 50.3 Å². The van der Waals surface area contributed by atoms with E-state index in [9.17, 15) is 5.11 Å². The molecule has 4 atom stereocenters. The van der Waals surface area contributed by atoms with Crippen LogP contribution in [0.25, 0.3) is 11.0 Å². The van der Waals surface area contributed by atoms with Gasteiger partial charge in [-0.1, -0.05) is 31.2 Å². The molecule has 0 bridgehead atoms. The summed E-state index contributed by atoms with van der Waals surface area (Å²) in [6.07, 6.45) is 8.17. The highest BCUT2D eigenvalue weighted by molar-refractivity contribution is 5.87. The SMILES string of the molecule is [CH2]C[C@H]1C[C@@H](n2ccc3c(N[C@H]4CCc5ccccc54)ncnc32)C[C@@H]1O. The average Bonchev–Trinajstić information content (AvgIpc) is 3.39. The lowest BCUT2D eigenvalue weighted by Crippen LogP contribution is -2.11. The maximum Gasteiger partial charge on any atom is 0.145 e. The topological polar surface area (TPSA) is 63.0 Å². The van der Waals surface area contributed by atoms with Crippen LogP contribution in [0.5, 0.6) is 0 Å². The Balaban J connectivity index is 1.45. The number of hydrogen-bond donors (Lipinski definition) is 2. The molecule has 139 valence electrons. The molecule has 0 saturated heterocycles. The van der Waals surface area contributed by atoms with Crippen LogP contribution >= 0.6 is 0 Å². The highest BCUT2D eigenvalue weighted by atomic mass is 16.3. The van der Waals surface area contributed by atoms with Gasteiger partial charge in [-0.3, -0.25) is 0 Å². The smallest absolute Gasteiger partial charge is 0.145 e. The molecule has 5 heteroatoms. The molecule has 1 fully saturated rings. The van der Waals surface area contributed by atoms with Crippen LogP contribution in [0.1, 0.15) is 48.9 Å². The molecule has 27 heavy (non-hydrogen) atoms. The van der Waals surface area contributed by atoms with Crippen LogP contribution in [0, 0.1) is 12.8 Å². The summed E-state index contributed by atoms with van der Waals surface area (Å²) >= 11 is 0. The molecule has 0 amide bonds. The molecule has 2 heterocycles. The van der Waals surface area contributed by atoms with E-state index < -0.39 is 0 Å². The molecule has 5 rings (SSSR count). The molecule has 0 aliphatic heterocycles. The lowest BCUT2D eigenvalue weighted by molar-refractivity contribution is 0.132.